The Labute approximate surface area is 739 Å². The van der Waals surface area contributed by atoms with E-state index in [0.29, 0.717) is 5.82 Å². The molecule has 11 aromatic carbocycles. The summed E-state index contributed by atoms with van der Waals surface area (Å²) in [6, 6.07) is 77.0. The molecule has 0 saturated heterocycles. The molecule has 2 aliphatic rings. The summed E-state index contributed by atoms with van der Waals surface area (Å²) in [4.78, 5) is 12.2. The van der Waals surface area contributed by atoms with E-state index < -0.39 is 0 Å². The van der Waals surface area contributed by atoms with E-state index >= 15 is 0 Å². The third-order valence-corrected chi connectivity index (χ3v) is 27.3. The topological polar surface area (TPSA) is 35.6 Å². The summed E-state index contributed by atoms with van der Waals surface area (Å²) < 4.78 is 5.43. The van der Waals surface area contributed by atoms with Gasteiger partial charge < -0.3 is 9.13 Å². The van der Waals surface area contributed by atoms with Crippen molar-refractivity contribution in [2.24, 2.45) is 0 Å². The molecule has 0 atom stereocenters. The maximum absolute atomic E-state index is 6.11. The number of nitrogens with zero attached hydrogens (tertiary/aromatic N) is 4. The lowest BCUT2D eigenvalue weighted by molar-refractivity contribution is 0.568. The van der Waals surface area contributed by atoms with Crippen LogP contribution in [-0.2, 0) is 65.0 Å². The number of rotatable bonds is 7. The van der Waals surface area contributed by atoms with Gasteiger partial charge in [0.1, 0.15) is 0 Å². The minimum Gasteiger partial charge on any atom is -0.310 e. The molecular formula is C118H139BN4. The summed E-state index contributed by atoms with van der Waals surface area (Å²) in [5.74, 6) is 0.684. The average molecular weight is 1620 g/mol. The second-order valence-electron chi connectivity index (χ2n) is 49.6. The molecule has 4 nitrogen and oxygen atoms in total. The summed E-state index contributed by atoms with van der Waals surface area (Å²) in [7, 11) is 0. The SMILES string of the molecule is CC(C)(C)c1cc(-c2ccc3c(c2)c2c(-c4cc(C(C)(C)C)cc(C(C)(C)C)c4)ccc4c2n3-c2cc(-c3nc(-c5cc(C(C)(C)C)cc(C(C)(C)C)c5)cc(-c5cc(C(C)(C)C)cc(C(C)(C)C)c5)n3)cc3c2B4c2ccc(-c4cc(C(C)(C)C)cc(C(C)(C)C)c4)c4c5cc(-c6cc(C(C)(C)C)cc(C(C)(C)C)c6)ccc5n-3c24)cc(C(C)(C)C)c1. The summed E-state index contributed by atoms with van der Waals surface area (Å²) in [5, 5.41) is 4.99. The number of aromatic nitrogens is 4. The molecule has 3 aromatic heterocycles. The highest BCUT2D eigenvalue weighted by Crippen LogP contribution is 2.51. The molecule has 0 N–H and O–H groups in total. The van der Waals surface area contributed by atoms with E-state index in [-0.39, 0.29) is 71.7 Å². The van der Waals surface area contributed by atoms with Gasteiger partial charge in [0.05, 0.1) is 22.4 Å². The third kappa shape index (κ3) is 15.7. The first-order valence-corrected chi connectivity index (χ1v) is 45.8. The van der Waals surface area contributed by atoms with Gasteiger partial charge in [0.25, 0.3) is 6.71 Å². The number of hydrogen-bond donors (Lipinski definition) is 0. The van der Waals surface area contributed by atoms with E-state index in [2.05, 4.69) is 446 Å². The average Bonchev–Trinajstić information content (AvgIpc) is 1.52. The standard InChI is InChI=1S/C118H139BN4/c1-107(2,3)77-45-70(46-78(61-77)108(4,5)6)68-37-43-97-91(57-68)101-89(72-49-81(111(13,14)15)63-82(50-72)112(16,17)18)39-41-93-104(101)122(97)99-59-76(106-120-95(74-53-85(115(25,26)27)65-86(54-74)116(28,29)30)67-96(121-106)75-55-87(117(31,32)33)66-88(56-75)118(34,35)36)60-100-103(99)119(93)94-42-40-90(73-51-83(113(19,20)21)64-84(52-73)114(22,23)24)102-92-58-69(38-44-98(92)123(100)105(94)102)71-47-79(109(7,8)9)62-80(48-71)110(10,11)12/h37-67H,1-36H3. The van der Waals surface area contributed by atoms with Gasteiger partial charge >= 0.3 is 0 Å². The minimum absolute atomic E-state index is 0.0852. The normalized spacial score (nSPS) is 14.0. The highest BCUT2D eigenvalue weighted by atomic mass is 15.0. The summed E-state index contributed by atoms with van der Waals surface area (Å²) >= 11 is 0. The number of fused-ring (bicyclic) bond motifs is 10. The lowest BCUT2D eigenvalue weighted by atomic mass is 9.34. The predicted molar refractivity (Wildman–Crippen MR) is 538 cm³/mol. The zero-order valence-corrected chi connectivity index (χ0v) is 81.8. The molecule has 123 heavy (non-hydrogen) atoms. The molecule has 0 spiro atoms. The van der Waals surface area contributed by atoms with Crippen LogP contribution >= 0.6 is 0 Å². The molecule has 5 heterocycles. The summed E-state index contributed by atoms with van der Waals surface area (Å²) in [5.41, 5.74) is 40.1. The molecule has 2 aliphatic heterocycles. The maximum atomic E-state index is 6.11. The number of benzene rings is 11. The molecule has 0 aliphatic carbocycles. The third-order valence-electron chi connectivity index (χ3n) is 27.3. The predicted octanol–water partition coefficient (Wildman–Crippen LogP) is 31.1. The van der Waals surface area contributed by atoms with Gasteiger partial charge in [-0.1, -0.05) is 371 Å². The van der Waals surface area contributed by atoms with Crippen molar-refractivity contribution in [2.75, 3.05) is 0 Å². The van der Waals surface area contributed by atoms with Gasteiger partial charge in [-0.05, 0) is 259 Å². The second kappa shape index (κ2) is 28.3. The maximum Gasteiger partial charge on any atom is 0.252 e. The van der Waals surface area contributed by atoms with Crippen LogP contribution in [0, 0.1) is 0 Å². The Bertz CT molecular complexity index is 6110. The van der Waals surface area contributed by atoms with E-state index in [1.807, 2.05) is 0 Å². The highest BCUT2D eigenvalue weighted by molar-refractivity contribution is 7.00. The van der Waals surface area contributed by atoms with Crippen LogP contribution in [-0.4, -0.2) is 25.8 Å². The van der Waals surface area contributed by atoms with E-state index in [1.54, 1.807) is 0 Å². The van der Waals surface area contributed by atoms with Crippen LogP contribution in [0.15, 0.2) is 188 Å². The first kappa shape index (κ1) is 86.7. The van der Waals surface area contributed by atoms with Gasteiger partial charge in [-0.3, -0.25) is 0 Å². The van der Waals surface area contributed by atoms with Crippen molar-refractivity contribution in [3.05, 3.63) is 255 Å². The van der Waals surface area contributed by atoms with Crippen LogP contribution in [0.25, 0.3) is 133 Å². The Balaban J connectivity index is 1.13. The molecule has 0 radical (unpaired) electrons. The van der Waals surface area contributed by atoms with E-state index in [0.717, 1.165) is 50.5 Å². The monoisotopic (exact) mass is 1620 g/mol. The van der Waals surface area contributed by atoms with Gasteiger partial charge in [0.2, 0.25) is 0 Å². The van der Waals surface area contributed by atoms with Gasteiger partial charge in [-0.2, -0.15) is 0 Å². The van der Waals surface area contributed by atoms with Crippen LogP contribution in [0.4, 0.5) is 0 Å². The second-order valence-corrected chi connectivity index (χ2v) is 49.6. The lowest BCUT2D eigenvalue weighted by Gasteiger charge is -2.34. The van der Waals surface area contributed by atoms with Crippen molar-refractivity contribution in [2.45, 2.75) is 314 Å². The number of hydrogen-bond acceptors (Lipinski definition) is 2. The fourth-order valence-corrected chi connectivity index (χ4v) is 18.8. The fraction of sp³-hybridized carbons (Fsp3) is 0.407. The first-order valence-electron chi connectivity index (χ1n) is 45.8. The minimum atomic E-state index is -0.216. The van der Waals surface area contributed by atoms with Gasteiger partial charge in [-0.25, -0.2) is 9.97 Å². The van der Waals surface area contributed by atoms with Crippen molar-refractivity contribution in [1.82, 2.24) is 19.1 Å². The van der Waals surface area contributed by atoms with Crippen molar-refractivity contribution in [1.29, 1.82) is 0 Å². The Morgan fingerprint density at radius 1 is 0.211 bits per heavy atom. The molecular weight excluding hydrogens is 1480 g/mol. The Morgan fingerprint density at radius 2 is 0.447 bits per heavy atom. The van der Waals surface area contributed by atoms with Gasteiger partial charge in [-0.15, -0.1) is 0 Å². The van der Waals surface area contributed by atoms with E-state index in [4.69, 9.17) is 9.97 Å². The van der Waals surface area contributed by atoms with Gasteiger partial charge in [0.15, 0.2) is 5.82 Å². The van der Waals surface area contributed by atoms with Crippen LogP contribution in [0.2, 0.25) is 0 Å². The quantitative estimate of drug-likeness (QED) is 0.149. The largest absolute Gasteiger partial charge is 0.310 e. The van der Waals surface area contributed by atoms with Crippen molar-refractivity contribution >= 4 is 66.7 Å². The van der Waals surface area contributed by atoms with E-state index in [9.17, 15) is 0 Å². The van der Waals surface area contributed by atoms with Crippen molar-refractivity contribution in [3.63, 3.8) is 0 Å². The van der Waals surface area contributed by atoms with Crippen LogP contribution < -0.4 is 16.4 Å². The molecule has 16 rings (SSSR count). The highest BCUT2D eigenvalue weighted by Gasteiger charge is 2.44. The molecule has 0 bridgehead atoms. The molecule has 0 saturated carbocycles. The Hall–Kier alpha value is -9.84. The van der Waals surface area contributed by atoms with E-state index in [1.165, 1.54) is 160 Å². The smallest absolute Gasteiger partial charge is 0.252 e. The fourth-order valence-electron chi connectivity index (χ4n) is 18.8. The van der Waals surface area contributed by atoms with Crippen LogP contribution in [0.3, 0.4) is 0 Å². The van der Waals surface area contributed by atoms with Crippen LogP contribution in [0.1, 0.15) is 316 Å². The van der Waals surface area contributed by atoms with Crippen molar-refractivity contribution in [3.8, 4) is 89.8 Å². The van der Waals surface area contributed by atoms with Gasteiger partial charge in [0, 0.05) is 60.6 Å². The molecule has 5 heteroatoms. The molecule has 14 aromatic rings. The lowest BCUT2D eigenvalue weighted by Crippen LogP contribution is -2.59. The summed E-state index contributed by atoms with van der Waals surface area (Å²) in [6.45, 7) is 84.9. The first-order chi connectivity index (χ1) is 56.5. The van der Waals surface area contributed by atoms with Crippen LogP contribution in [0.5, 0.6) is 0 Å². The molecule has 0 unspecified atom stereocenters. The van der Waals surface area contributed by atoms with Crippen molar-refractivity contribution < 1.29 is 0 Å². The Kier molecular flexibility index (Phi) is 20.0. The molecule has 634 valence electrons. The summed E-state index contributed by atoms with van der Waals surface area (Å²) in [6.07, 6.45) is 0. The zero-order valence-electron chi connectivity index (χ0n) is 81.8. The zero-order chi connectivity index (χ0) is 89.6. The Morgan fingerprint density at radius 3 is 0.691 bits per heavy atom. The molecule has 0 amide bonds. The molecule has 0 fully saturated rings.